The molecule has 5 heteroatoms. The van der Waals surface area contributed by atoms with Crippen molar-refractivity contribution >= 4 is 22.9 Å². The van der Waals surface area contributed by atoms with Gasteiger partial charge >= 0.3 is 0 Å². The molecule has 0 spiro atoms. The predicted molar refractivity (Wildman–Crippen MR) is 80.5 cm³/mol. The Balaban J connectivity index is 2.08. The lowest BCUT2D eigenvalue weighted by molar-refractivity contribution is 0.0936. The van der Waals surface area contributed by atoms with Crippen molar-refractivity contribution < 1.29 is 9.18 Å². The van der Waals surface area contributed by atoms with E-state index in [1.165, 1.54) is 12.1 Å². The van der Waals surface area contributed by atoms with Gasteiger partial charge in [0.05, 0.1) is 5.56 Å². The van der Waals surface area contributed by atoms with Crippen LogP contribution in [0.3, 0.4) is 0 Å². The molecule has 1 aromatic heterocycles. The second-order valence-corrected chi connectivity index (χ2v) is 5.69. The van der Waals surface area contributed by atoms with Crippen molar-refractivity contribution in [1.29, 1.82) is 0 Å². The highest BCUT2D eigenvalue weighted by Crippen LogP contribution is 2.17. The minimum Gasteiger partial charge on any atom is -0.399 e. The molecule has 1 atom stereocenters. The molecule has 0 saturated heterocycles. The van der Waals surface area contributed by atoms with Crippen LogP contribution in [0.2, 0.25) is 0 Å². The van der Waals surface area contributed by atoms with Crippen molar-refractivity contribution in [3.63, 3.8) is 0 Å². The Hall–Kier alpha value is -1.88. The quantitative estimate of drug-likeness (QED) is 0.851. The Kier molecular flexibility index (Phi) is 4.39. The highest BCUT2D eigenvalue weighted by molar-refractivity contribution is 7.07. The Morgan fingerprint density at radius 1 is 1.50 bits per heavy atom. The molecule has 20 heavy (non-hydrogen) atoms. The van der Waals surface area contributed by atoms with Crippen LogP contribution in [0.25, 0.3) is 0 Å². The number of hydrogen-bond acceptors (Lipinski definition) is 3. The molecule has 106 valence electrons. The number of nitrogen functional groups attached to an aromatic ring is 1. The van der Waals surface area contributed by atoms with Crippen LogP contribution in [0.4, 0.5) is 10.1 Å². The van der Waals surface area contributed by atoms with Crippen molar-refractivity contribution in [2.75, 3.05) is 5.73 Å². The molecule has 0 aliphatic carbocycles. The Bertz CT molecular complexity index is 611. The van der Waals surface area contributed by atoms with Crippen molar-refractivity contribution in [2.45, 2.75) is 26.3 Å². The smallest absolute Gasteiger partial charge is 0.254 e. The van der Waals surface area contributed by atoms with Crippen molar-refractivity contribution in [1.82, 2.24) is 5.32 Å². The number of anilines is 1. The molecule has 2 rings (SSSR count). The molecule has 3 N–H and O–H groups in total. The average Bonchev–Trinajstić information content (AvgIpc) is 2.86. The van der Waals surface area contributed by atoms with E-state index in [4.69, 9.17) is 5.73 Å². The van der Waals surface area contributed by atoms with Gasteiger partial charge in [-0.1, -0.05) is 0 Å². The summed E-state index contributed by atoms with van der Waals surface area (Å²) in [5.74, 6) is -0.944. The van der Waals surface area contributed by atoms with Crippen molar-refractivity contribution in [3.05, 3.63) is 51.5 Å². The zero-order chi connectivity index (χ0) is 14.7. The SMILES string of the molecule is Cc1cc(N)cc(C(=O)NC(C)Cc2ccsc2)c1F. The van der Waals surface area contributed by atoms with Crippen LogP contribution in [0.1, 0.15) is 28.4 Å². The Morgan fingerprint density at radius 3 is 2.90 bits per heavy atom. The highest BCUT2D eigenvalue weighted by atomic mass is 32.1. The fourth-order valence-corrected chi connectivity index (χ4v) is 2.76. The lowest BCUT2D eigenvalue weighted by Crippen LogP contribution is -2.34. The number of carbonyl (C=O) groups is 1. The van der Waals surface area contributed by atoms with Crippen molar-refractivity contribution in [3.8, 4) is 0 Å². The molecule has 1 amide bonds. The molecule has 0 aliphatic rings. The van der Waals surface area contributed by atoms with E-state index in [1.807, 2.05) is 23.8 Å². The molecule has 0 saturated carbocycles. The number of nitrogens with one attached hydrogen (secondary N) is 1. The van der Waals surface area contributed by atoms with E-state index in [9.17, 15) is 9.18 Å². The summed E-state index contributed by atoms with van der Waals surface area (Å²) in [6.07, 6.45) is 0.720. The second-order valence-electron chi connectivity index (χ2n) is 4.91. The Morgan fingerprint density at radius 2 is 2.25 bits per heavy atom. The summed E-state index contributed by atoms with van der Waals surface area (Å²) in [6.45, 7) is 3.49. The highest BCUT2D eigenvalue weighted by Gasteiger charge is 2.16. The van der Waals surface area contributed by atoms with Crippen LogP contribution in [0.15, 0.2) is 29.0 Å². The largest absolute Gasteiger partial charge is 0.399 e. The minimum absolute atomic E-state index is 0.000307. The topological polar surface area (TPSA) is 55.1 Å². The summed E-state index contributed by atoms with van der Waals surface area (Å²) >= 11 is 1.61. The predicted octanol–water partition coefficient (Wildman–Crippen LogP) is 3.14. The van der Waals surface area contributed by atoms with Gasteiger partial charge in [-0.3, -0.25) is 4.79 Å². The first-order valence-corrected chi connectivity index (χ1v) is 7.29. The molecule has 1 heterocycles. The van der Waals surface area contributed by atoms with E-state index in [2.05, 4.69) is 5.32 Å². The average molecular weight is 292 g/mol. The Labute approximate surface area is 121 Å². The third kappa shape index (κ3) is 3.36. The van der Waals surface area contributed by atoms with E-state index >= 15 is 0 Å². The fourth-order valence-electron chi connectivity index (χ4n) is 2.08. The maximum atomic E-state index is 13.9. The zero-order valence-corrected chi connectivity index (χ0v) is 12.3. The maximum Gasteiger partial charge on any atom is 0.254 e. The molecule has 0 bridgehead atoms. The second kappa shape index (κ2) is 6.05. The van der Waals surface area contributed by atoms with Gasteiger partial charge in [-0.15, -0.1) is 0 Å². The third-order valence-electron chi connectivity index (χ3n) is 3.02. The molecule has 3 nitrogen and oxygen atoms in total. The van der Waals surface area contributed by atoms with Crippen LogP contribution in [-0.4, -0.2) is 11.9 Å². The molecule has 0 fully saturated rings. The van der Waals surface area contributed by atoms with Gasteiger partial charge in [-0.25, -0.2) is 4.39 Å². The molecule has 1 aromatic carbocycles. The summed E-state index contributed by atoms with van der Waals surface area (Å²) in [6, 6.07) is 4.83. The van der Waals surface area contributed by atoms with Gasteiger partial charge in [-0.05, 0) is 60.4 Å². The molecule has 0 aliphatic heterocycles. The lowest BCUT2D eigenvalue weighted by atomic mass is 10.1. The van der Waals surface area contributed by atoms with Crippen LogP contribution in [-0.2, 0) is 6.42 Å². The van der Waals surface area contributed by atoms with E-state index < -0.39 is 11.7 Å². The molecule has 1 unspecified atom stereocenters. The number of hydrogen-bond donors (Lipinski definition) is 2. The fraction of sp³-hybridized carbons (Fsp3) is 0.267. The first kappa shape index (κ1) is 14.5. The van der Waals surface area contributed by atoms with Gasteiger partial charge in [0.1, 0.15) is 5.82 Å². The van der Waals surface area contributed by atoms with Crippen LogP contribution in [0.5, 0.6) is 0 Å². The summed E-state index contributed by atoms with van der Waals surface area (Å²) in [4.78, 5) is 12.1. The number of carbonyl (C=O) groups excluding carboxylic acids is 1. The number of benzene rings is 1. The monoisotopic (exact) mass is 292 g/mol. The standard InChI is InChI=1S/C15H17FN2OS/c1-9-5-12(17)7-13(14(9)16)15(19)18-10(2)6-11-3-4-20-8-11/h3-5,7-8,10H,6,17H2,1-2H3,(H,18,19). The van der Waals surface area contributed by atoms with Crippen LogP contribution < -0.4 is 11.1 Å². The number of amides is 1. The van der Waals surface area contributed by atoms with Gasteiger partial charge in [-0.2, -0.15) is 11.3 Å². The molecular formula is C15H17FN2OS. The normalized spacial score (nSPS) is 12.2. The van der Waals surface area contributed by atoms with Gasteiger partial charge < -0.3 is 11.1 Å². The number of aryl methyl sites for hydroxylation is 1. The van der Waals surface area contributed by atoms with Crippen LogP contribution in [0, 0.1) is 12.7 Å². The van der Waals surface area contributed by atoms with Gasteiger partial charge in [0.25, 0.3) is 5.91 Å². The van der Waals surface area contributed by atoms with Gasteiger partial charge in [0.2, 0.25) is 0 Å². The minimum atomic E-state index is -0.514. The van der Waals surface area contributed by atoms with Gasteiger partial charge in [0, 0.05) is 11.7 Å². The summed E-state index contributed by atoms with van der Waals surface area (Å²) < 4.78 is 13.9. The van der Waals surface area contributed by atoms with Crippen LogP contribution >= 0.6 is 11.3 Å². The number of nitrogens with two attached hydrogens (primary N) is 1. The summed E-state index contributed by atoms with van der Waals surface area (Å²) in [7, 11) is 0. The van der Waals surface area contributed by atoms with Gasteiger partial charge in [0.15, 0.2) is 0 Å². The maximum absolute atomic E-state index is 13.9. The first-order valence-electron chi connectivity index (χ1n) is 6.35. The molecule has 0 radical (unpaired) electrons. The first-order chi connectivity index (χ1) is 9.47. The van der Waals surface area contributed by atoms with E-state index in [0.717, 1.165) is 12.0 Å². The van der Waals surface area contributed by atoms with E-state index in [-0.39, 0.29) is 11.6 Å². The molecular weight excluding hydrogens is 275 g/mol. The van der Waals surface area contributed by atoms with E-state index in [1.54, 1.807) is 18.3 Å². The summed E-state index contributed by atoms with van der Waals surface area (Å²) in [5, 5.41) is 6.83. The number of rotatable bonds is 4. The van der Waals surface area contributed by atoms with E-state index in [0.29, 0.717) is 11.3 Å². The summed E-state index contributed by atoms with van der Waals surface area (Å²) in [5.41, 5.74) is 7.58. The lowest BCUT2D eigenvalue weighted by Gasteiger charge is -2.14. The number of halogens is 1. The number of thiophene rings is 1. The van der Waals surface area contributed by atoms with Crippen molar-refractivity contribution in [2.24, 2.45) is 0 Å². The molecule has 2 aromatic rings. The zero-order valence-electron chi connectivity index (χ0n) is 11.4. The third-order valence-corrected chi connectivity index (χ3v) is 3.75.